The Labute approximate surface area is 165 Å². The lowest BCUT2D eigenvalue weighted by atomic mass is 10.2. The van der Waals surface area contributed by atoms with Crippen molar-refractivity contribution < 1.29 is 18.4 Å². The van der Waals surface area contributed by atoms with E-state index in [-0.39, 0.29) is 11.3 Å². The Morgan fingerprint density at radius 3 is 2.72 bits per heavy atom. The van der Waals surface area contributed by atoms with Crippen LogP contribution in [0.15, 0.2) is 36.8 Å². The maximum Gasteiger partial charge on any atom is 0.253 e. The maximum absolute atomic E-state index is 13.6. The average molecular weight is 399 g/mol. The molecule has 0 saturated heterocycles. The molecule has 1 fully saturated rings. The fourth-order valence-electron chi connectivity index (χ4n) is 3.54. The van der Waals surface area contributed by atoms with Crippen LogP contribution in [0, 0.1) is 11.6 Å². The van der Waals surface area contributed by atoms with Gasteiger partial charge in [0.15, 0.2) is 5.65 Å². The van der Waals surface area contributed by atoms with E-state index in [9.17, 15) is 18.4 Å². The first-order valence-corrected chi connectivity index (χ1v) is 9.37. The minimum absolute atomic E-state index is 0.263. The molecule has 3 aromatic rings. The molecule has 150 valence electrons. The number of carbonyl (C=O) groups is 2. The van der Waals surface area contributed by atoms with Crippen molar-refractivity contribution >= 4 is 28.7 Å². The van der Waals surface area contributed by atoms with Gasteiger partial charge < -0.3 is 15.2 Å². The summed E-state index contributed by atoms with van der Waals surface area (Å²) in [5.41, 5.74) is 1.31. The Hall–Kier alpha value is -3.36. The highest BCUT2D eigenvalue weighted by atomic mass is 19.1. The summed E-state index contributed by atoms with van der Waals surface area (Å²) < 4.78 is 28.8. The molecule has 0 unspecified atom stereocenters. The number of hydrogen-bond acceptors (Lipinski definition) is 4. The first-order chi connectivity index (χ1) is 14.0. The summed E-state index contributed by atoms with van der Waals surface area (Å²) >= 11 is 0. The molecule has 1 saturated carbocycles. The second-order valence-corrected chi connectivity index (χ2v) is 7.01. The van der Waals surface area contributed by atoms with Gasteiger partial charge >= 0.3 is 0 Å². The van der Waals surface area contributed by atoms with E-state index < -0.39 is 30.0 Å². The fourth-order valence-corrected chi connectivity index (χ4v) is 3.54. The number of benzene rings is 1. The molecule has 0 radical (unpaired) electrons. The third kappa shape index (κ3) is 4.08. The quantitative estimate of drug-likeness (QED) is 0.690. The Morgan fingerprint density at radius 1 is 1.14 bits per heavy atom. The van der Waals surface area contributed by atoms with E-state index in [1.165, 1.54) is 19.0 Å². The van der Waals surface area contributed by atoms with Crippen molar-refractivity contribution in [3.8, 4) is 0 Å². The van der Waals surface area contributed by atoms with E-state index in [1.54, 1.807) is 12.4 Å². The molecule has 1 aliphatic rings. The third-order valence-electron chi connectivity index (χ3n) is 5.01. The van der Waals surface area contributed by atoms with Crippen LogP contribution in [-0.4, -0.2) is 32.9 Å². The lowest BCUT2D eigenvalue weighted by Crippen LogP contribution is -2.33. The first-order valence-electron chi connectivity index (χ1n) is 9.37. The zero-order valence-corrected chi connectivity index (χ0v) is 15.5. The molecule has 0 spiro atoms. The summed E-state index contributed by atoms with van der Waals surface area (Å²) in [4.78, 5) is 33.0. The topological polar surface area (TPSA) is 88.9 Å². The second-order valence-electron chi connectivity index (χ2n) is 7.01. The normalized spacial score (nSPS) is 14.3. The lowest BCUT2D eigenvalue weighted by molar-refractivity contribution is -0.115. The number of fused-ring (bicyclic) bond motifs is 1. The molecule has 9 heteroatoms. The molecule has 2 amide bonds. The highest BCUT2D eigenvalue weighted by molar-refractivity contribution is 6.00. The number of hydrogen-bond donors (Lipinski definition) is 2. The number of rotatable bonds is 5. The molecule has 2 N–H and O–H groups in total. The van der Waals surface area contributed by atoms with Crippen molar-refractivity contribution in [1.29, 1.82) is 0 Å². The van der Waals surface area contributed by atoms with Gasteiger partial charge in [0.2, 0.25) is 5.91 Å². The summed E-state index contributed by atoms with van der Waals surface area (Å²) in [6.45, 7) is -0.399. The van der Waals surface area contributed by atoms with E-state index in [1.807, 2.05) is 4.57 Å². The van der Waals surface area contributed by atoms with Crippen LogP contribution in [0.5, 0.6) is 0 Å². The van der Waals surface area contributed by atoms with Gasteiger partial charge in [-0.15, -0.1) is 0 Å². The zero-order chi connectivity index (χ0) is 20.4. The lowest BCUT2D eigenvalue weighted by Gasteiger charge is -2.11. The minimum atomic E-state index is -0.765. The second kappa shape index (κ2) is 7.94. The van der Waals surface area contributed by atoms with Gasteiger partial charge in [-0.3, -0.25) is 9.59 Å². The first kappa shape index (κ1) is 19.0. The molecular weight excluding hydrogens is 380 g/mol. The molecule has 29 heavy (non-hydrogen) atoms. The van der Waals surface area contributed by atoms with Gasteiger partial charge in [-0.2, -0.15) is 0 Å². The Morgan fingerprint density at radius 2 is 1.93 bits per heavy atom. The molecule has 1 aromatic carbocycles. The van der Waals surface area contributed by atoms with Gasteiger partial charge in [0.05, 0.1) is 24.1 Å². The van der Waals surface area contributed by atoms with Crippen LogP contribution in [0.1, 0.15) is 42.1 Å². The SMILES string of the molecule is O=C(CNC(=O)c1cnc2c(c1)ncn2C1CCCC1)Nc1cc(F)ccc1F. The maximum atomic E-state index is 13.6. The predicted molar refractivity (Wildman–Crippen MR) is 102 cm³/mol. The predicted octanol–water partition coefficient (Wildman–Crippen LogP) is 3.19. The van der Waals surface area contributed by atoms with E-state index in [0.29, 0.717) is 11.6 Å². The molecule has 1 aliphatic carbocycles. The van der Waals surface area contributed by atoms with Crippen molar-refractivity contribution in [3.63, 3.8) is 0 Å². The summed E-state index contributed by atoms with van der Waals surface area (Å²) in [6.07, 6.45) is 7.75. The van der Waals surface area contributed by atoms with Crippen LogP contribution in [0.3, 0.4) is 0 Å². The van der Waals surface area contributed by atoms with Crippen molar-refractivity contribution in [2.24, 2.45) is 0 Å². The number of carbonyl (C=O) groups excluding carboxylic acids is 2. The molecule has 0 atom stereocenters. The molecule has 0 aliphatic heterocycles. The molecule has 7 nitrogen and oxygen atoms in total. The van der Waals surface area contributed by atoms with Gasteiger partial charge in [-0.25, -0.2) is 18.7 Å². The van der Waals surface area contributed by atoms with Gasteiger partial charge in [-0.05, 0) is 31.0 Å². The van der Waals surface area contributed by atoms with Crippen molar-refractivity contribution in [2.45, 2.75) is 31.7 Å². The number of halogens is 2. The Balaban J connectivity index is 1.39. The minimum Gasteiger partial charge on any atom is -0.343 e. The Bertz CT molecular complexity index is 1080. The highest BCUT2D eigenvalue weighted by Crippen LogP contribution is 2.31. The number of anilines is 1. The fraction of sp³-hybridized carbons (Fsp3) is 0.300. The van der Waals surface area contributed by atoms with Crippen LogP contribution in [-0.2, 0) is 4.79 Å². The van der Waals surface area contributed by atoms with E-state index in [2.05, 4.69) is 20.6 Å². The molecular formula is C20H19F2N5O2. The van der Waals surface area contributed by atoms with Gasteiger partial charge in [0, 0.05) is 18.3 Å². The largest absolute Gasteiger partial charge is 0.343 e. The standard InChI is InChI=1S/C20H19F2N5O2/c21-13-5-6-15(22)16(8-13)26-18(28)10-24-20(29)12-7-17-19(23-9-12)27(11-25-17)14-3-1-2-4-14/h5-9,11,14H,1-4,10H2,(H,24,29)(H,26,28). The number of imidazole rings is 1. The van der Waals surface area contributed by atoms with Crippen LogP contribution >= 0.6 is 0 Å². The third-order valence-corrected chi connectivity index (χ3v) is 5.01. The van der Waals surface area contributed by atoms with Crippen LogP contribution in [0.2, 0.25) is 0 Å². The van der Waals surface area contributed by atoms with Crippen LogP contribution in [0.4, 0.5) is 14.5 Å². The number of pyridine rings is 1. The number of amides is 2. The van der Waals surface area contributed by atoms with Crippen molar-refractivity contribution in [1.82, 2.24) is 19.9 Å². The number of nitrogens with one attached hydrogen (secondary N) is 2. The van der Waals surface area contributed by atoms with Gasteiger partial charge in [0.25, 0.3) is 5.91 Å². The average Bonchev–Trinajstić information content (AvgIpc) is 3.37. The monoisotopic (exact) mass is 399 g/mol. The van der Waals surface area contributed by atoms with Crippen LogP contribution < -0.4 is 10.6 Å². The summed E-state index contributed by atoms with van der Waals surface area (Å²) in [7, 11) is 0. The molecule has 0 bridgehead atoms. The van der Waals surface area contributed by atoms with Crippen molar-refractivity contribution in [2.75, 3.05) is 11.9 Å². The highest BCUT2D eigenvalue weighted by Gasteiger charge is 2.20. The van der Waals surface area contributed by atoms with Gasteiger partial charge in [0.1, 0.15) is 17.2 Å². The summed E-state index contributed by atoms with van der Waals surface area (Å²) in [5.74, 6) is -2.63. The summed E-state index contributed by atoms with van der Waals surface area (Å²) in [6, 6.07) is 4.74. The number of aromatic nitrogens is 3. The van der Waals surface area contributed by atoms with Crippen molar-refractivity contribution in [3.05, 3.63) is 54.0 Å². The summed E-state index contributed by atoms with van der Waals surface area (Å²) in [5, 5.41) is 4.66. The zero-order valence-electron chi connectivity index (χ0n) is 15.5. The van der Waals surface area contributed by atoms with E-state index in [4.69, 9.17) is 0 Å². The number of nitrogens with zero attached hydrogens (tertiary/aromatic N) is 3. The molecule has 4 rings (SSSR count). The molecule has 2 heterocycles. The van der Waals surface area contributed by atoms with E-state index in [0.717, 1.165) is 36.7 Å². The molecule has 2 aromatic heterocycles. The van der Waals surface area contributed by atoms with E-state index >= 15 is 0 Å². The van der Waals surface area contributed by atoms with Gasteiger partial charge in [-0.1, -0.05) is 12.8 Å². The van der Waals surface area contributed by atoms with Crippen LogP contribution in [0.25, 0.3) is 11.2 Å². The smallest absolute Gasteiger partial charge is 0.253 e. The Kier molecular flexibility index (Phi) is 5.20.